The number of aromatic nitrogens is 1. The highest BCUT2D eigenvalue weighted by molar-refractivity contribution is 7.14. The molecule has 0 aliphatic heterocycles. The monoisotopic (exact) mass is 345 g/mol. The Kier molecular flexibility index (Phi) is 4.45. The summed E-state index contributed by atoms with van der Waals surface area (Å²) < 4.78 is 0. The summed E-state index contributed by atoms with van der Waals surface area (Å²) in [5, 5.41) is 26.0. The zero-order chi connectivity index (χ0) is 16.2. The van der Waals surface area contributed by atoms with Gasteiger partial charge in [-0.05, 0) is 35.9 Å². The molecular weight excluding hydrogens is 334 g/mol. The SMILES string of the molecule is Oc1ccc(/C=N/Nc2nc(-c3ccc(Cl)cc3)cs2)cc1O. The summed E-state index contributed by atoms with van der Waals surface area (Å²) in [5.41, 5.74) is 5.31. The van der Waals surface area contributed by atoms with Crippen LogP contribution in [-0.2, 0) is 0 Å². The molecule has 116 valence electrons. The van der Waals surface area contributed by atoms with Crippen LogP contribution >= 0.6 is 22.9 Å². The third-order valence-electron chi connectivity index (χ3n) is 3.02. The average molecular weight is 346 g/mol. The summed E-state index contributed by atoms with van der Waals surface area (Å²) in [6.45, 7) is 0. The summed E-state index contributed by atoms with van der Waals surface area (Å²) in [5.74, 6) is -0.351. The molecule has 3 N–H and O–H groups in total. The van der Waals surface area contributed by atoms with Crippen molar-refractivity contribution in [3.05, 3.63) is 58.4 Å². The van der Waals surface area contributed by atoms with Crippen molar-refractivity contribution >= 4 is 34.3 Å². The van der Waals surface area contributed by atoms with Crippen LogP contribution < -0.4 is 5.43 Å². The van der Waals surface area contributed by atoms with Crippen LogP contribution in [0.5, 0.6) is 11.5 Å². The van der Waals surface area contributed by atoms with Crippen LogP contribution in [0, 0.1) is 0 Å². The minimum absolute atomic E-state index is 0.164. The number of phenolic OH excluding ortho intramolecular Hbond substituents is 2. The van der Waals surface area contributed by atoms with E-state index in [4.69, 9.17) is 11.6 Å². The first-order chi connectivity index (χ1) is 11.1. The number of nitrogens with one attached hydrogen (secondary N) is 1. The van der Waals surface area contributed by atoms with E-state index in [0.717, 1.165) is 11.3 Å². The van der Waals surface area contributed by atoms with Gasteiger partial charge in [-0.1, -0.05) is 23.7 Å². The average Bonchev–Trinajstić information content (AvgIpc) is 3.00. The number of hydrogen-bond donors (Lipinski definition) is 3. The van der Waals surface area contributed by atoms with Crippen LogP contribution in [-0.4, -0.2) is 21.4 Å². The zero-order valence-electron chi connectivity index (χ0n) is 11.8. The summed E-state index contributed by atoms with van der Waals surface area (Å²) >= 11 is 7.30. The molecule has 1 heterocycles. The van der Waals surface area contributed by atoms with Crippen LogP contribution in [0.4, 0.5) is 5.13 Å². The molecule has 0 saturated heterocycles. The fraction of sp³-hybridized carbons (Fsp3) is 0. The second kappa shape index (κ2) is 6.68. The maximum atomic E-state index is 9.41. The van der Waals surface area contributed by atoms with E-state index < -0.39 is 0 Å². The highest BCUT2D eigenvalue weighted by Gasteiger charge is 2.04. The van der Waals surface area contributed by atoms with Gasteiger partial charge in [0.25, 0.3) is 0 Å². The van der Waals surface area contributed by atoms with Gasteiger partial charge in [-0.15, -0.1) is 11.3 Å². The van der Waals surface area contributed by atoms with E-state index in [1.807, 2.05) is 29.6 Å². The maximum absolute atomic E-state index is 9.41. The Morgan fingerprint density at radius 1 is 1.09 bits per heavy atom. The van der Waals surface area contributed by atoms with Gasteiger partial charge in [-0.25, -0.2) is 4.98 Å². The van der Waals surface area contributed by atoms with Crippen LogP contribution in [0.3, 0.4) is 0 Å². The van der Waals surface area contributed by atoms with Crippen molar-refractivity contribution in [2.75, 3.05) is 5.43 Å². The van der Waals surface area contributed by atoms with E-state index in [9.17, 15) is 10.2 Å². The minimum Gasteiger partial charge on any atom is -0.504 e. The first kappa shape index (κ1) is 15.3. The number of benzene rings is 2. The molecule has 0 fully saturated rings. The molecule has 0 saturated carbocycles. The lowest BCUT2D eigenvalue weighted by atomic mass is 10.2. The standard InChI is InChI=1S/C16H12ClN3O2S/c17-12-4-2-11(3-5-12)13-9-23-16(19-13)20-18-8-10-1-6-14(21)15(22)7-10/h1-9,21-22H,(H,19,20)/b18-8+. The van der Waals surface area contributed by atoms with Gasteiger partial charge in [0, 0.05) is 16.0 Å². The van der Waals surface area contributed by atoms with Crippen LogP contribution in [0.1, 0.15) is 5.56 Å². The Balaban J connectivity index is 1.68. The van der Waals surface area contributed by atoms with Gasteiger partial charge < -0.3 is 10.2 Å². The lowest BCUT2D eigenvalue weighted by Crippen LogP contribution is -1.90. The molecule has 5 nitrogen and oxygen atoms in total. The van der Waals surface area contributed by atoms with Gasteiger partial charge in [-0.3, -0.25) is 5.43 Å². The predicted molar refractivity (Wildman–Crippen MR) is 93.5 cm³/mol. The first-order valence-corrected chi connectivity index (χ1v) is 7.90. The molecular formula is C16H12ClN3O2S. The molecule has 0 unspecified atom stereocenters. The van der Waals surface area contributed by atoms with Crippen LogP contribution in [0.2, 0.25) is 5.02 Å². The topological polar surface area (TPSA) is 77.7 Å². The van der Waals surface area contributed by atoms with Crippen molar-refractivity contribution in [1.29, 1.82) is 0 Å². The van der Waals surface area contributed by atoms with Gasteiger partial charge in [-0.2, -0.15) is 5.10 Å². The second-order valence-corrected chi connectivity index (χ2v) is 5.96. The van der Waals surface area contributed by atoms with E-state index in [1.54, 1.807) is 6.07 Å². The van der Waals surface area contributed by atoms with Crippen molar-refractivity contribution in [3.63, 3.8) is 0 Å². The third kappa shape index (κ3) is 3.80. The summed E-state index contributed by atoms with van der Waals surface area (Å²) in [7, 11) is 0. The molecule has 0 atom stereocenters. The number of aromatic hydroxyl groups is 2. The molecule has 1 aromatic heterocycles. The summed E-state index contributed by atoms with van der Waals surface area (Å²) in [6, 6.07) is 11.9. The molecule has 0 spiro atoms. The van der Waals surface area contributed by atoms with E-state index in [-0.39, 0.29) is 11.5 Å². The lowest BCUT2D eigenvalue weighted by molar-refractivity contribution is 0.403. The summed E-state index contributed by atoms with van der Waals surface area (Å²) in [6.07, 6.45) is 1.53. The van der Waals surface area contributed by atoms with Crippen molar-refractivity contribution in [2.24, 2.45) is 5.10 Å². The number of rotatable bonds is 4. The molecule has 0 amide bonds. The maximum Gasteiger partial charge on any atom is 0.203 e. The Morgan fingerprint density at radius 2 is 1.87 bits per heavy atom. The quantitative estimate of drug-likeness (QED) is 0.374. The van der Waals surface area contributed by atoms with E-state index in [1.165, 1.54) is 29.7 Å². The highest BCUT2D eigenvalue weighted by Crippen LogP contribution is 2.26. The molecule has 3 rings (SSSR count). The number of hydrogen-bond acceptors (Lipinski definition) is 6. The normalized spacial score (nSPS) is 11.0. The number of thiazole rings is 1. The number of anilines is 1. The van der Waals surface area contributed by atoms with E-state index in [2.05, 4.69) is 15.5 Å². The highest BCUT2D eigenvalue weighted by atomic mass is 35.5. The number of phenols is 2. The molecule has 0 aliphatic rings. The molecule has 7 heteroatoms. The molecule has 0 bridgehead atoms. The van der Waals surface area contributed by atoms with Gasteiger partial charge >= 0.3 is 0 Å². The van der Waals surface area contributed by atoms with E-state index >= 15 is 0 Å². The molecule has 23 heavy (non-hydrogen) atoms. The van der Waals surface area contributed by atoms with Crippen molar-refractivity contribution in [2.45, 2.75) is 0 Å². The Bertz CT molecular complexity index is 847. The fourth-order valence-corrected chi connectivity index (χ4v) is 2.66. The number of hydrazone groups is 1. The number of nitrogens with zero attached hydrogens (tertiary/aromatic N) is 2. The van der Waals surface area contributed by atoms with Gasteiger partial charge in [0.15, 0.2) is 11.5 Å². The largest absolute Gasteiger partial charge is 0.504 e. The van der Waals surface area contributed by atoms with Crippen molar-refractivity contribution in [1.82, 2.24) is 4.98 Å². The van der Waals surface area contributed by atoms with Crippen LogP contribution in [0.15, 0.2) is 52.9 Å². The van der Waals surface area contributed by atoms with Crippen molar-refractivity contribution in [3.8, 4) is 22.8 Å². The van der Waals surface area contributed by atoms with Crippen molar-refractivity contribution < 1.29 is 10.2 Å². The number of halogens is 1. The Labute approximate surface area is 141 Å². The first-order valence-electron chi connectivity index (χ1n) is 6.64. The van der Waals surface area contributed by atoms with Gasteiger partial charge in [0.05, 0.1) is 11.9 Å². The Hall–Kier alpha value is -2.57. The van der Waals surface area contributed by atoms with E-state index in [0.29, 0.717) is 15.7 Å². The van der Waals surface area contributed by atoms with Gasteiger partial charge in [0.2, 0.25) is 5.13 Å². The molecule has 0 radical (unpaired) electrons. The van der Waals surface area contributed by atoms with Gasteiger partial charge in [0.1, 0.15) is 0 Å². The lowest BCUT2D eigenvalue weighted by Gasteiger charge is -1.98. The smallest absolute Gasteiger partial charge is 0.203 e. The molecule has 0 aliphatic carbocycles. The third-order valence-corrected chi connectivity index (χ3v) is 4.02. The summed E-state index contributed by atoms with van der Waals surface area (Å²) in [4.78, 5) is 4.43. The minimum atomic E-state index is -0.187. The molecule has 2 aromatic carbocycles. The van der Waals surface area contributed by atoms with Crippen LogP contribution in [0.25, 0.3) is 11.3 Å². The second-order valence-electron chi connectivity index (χ2n) is 4.66. The fourth-order valence-electron chi connectivity index (χ4n) is 1.86. The molecule has 3 aromatic rings. The zero-order valence-corrected chi connectivity index (χ0v) is 13.3. The Morgan fingerprint density at radius 3 is 2.61 bits per heavy atom. The predicted octanol–water partition coefficient (Wildman–Crippen LogP) is 4.32.